The maximum atomic E-state index is 9.12. The third kappa shape index (κ3) is 33.9. The van der Waals surface area contributed by atoms with E-state index in [2.05, 4.69) is 62.3 Å². The molecular weight excluding hydrogens is 556 g/mol. The van der Waals surface area contributed by atoms with Gasteiger partial charge in [-0.05, 0) is 55.5 Å². The predicted octanol–water partition coefficient (Wildman–Crippen LogP) is 8.00. The molecule has 0 heterocycles. The molecule has 0 N–H and O–H groups in total. The van der Waals surface area contributed by atoms with Crippen LogP contribution < -0.4 is 0 Å². The number of hydrogen-bond acceptors (Lipinski definition) is 1. The summed E-state index contributed by atoms with van der Waals surface area (Å²) in [4.78, 5) is 9.12. The second-order valence-electron chi connectivity index (χ2n) is 5.04. The third-order valence-electron chi connectivity index (χ3n) is 4.06. The minimum atomic E-state index is -0.963. The van der Waals surface area contributed by atoms with Gasteiger partial charge in [-0.3, -0.25) is 0 Å². The van der Waals surface area contributed by atoms with Crippen LogP contribution in [0.4, 0.5) is 0 Å². The molecule has 6 heteroatoms. The molecule has 0 spiro atoms. The average Bonchev–Trinajstić information content (AvgIpc) is 2.67. The zero-order chi connectivity index (χ0) is 20.5. The molecule has 0 unspecified atom stereocenters. The van der Waals surface area contributed by atoms with Crippen LogP contribution in [0.15, 0.2) is 0 Å². The van der Waals surface area contributed by atoms with E-state index in [0.717, 1.165) is 4.68 Å². The third-order valence-corrected chi connectivity index (χ3v) is 13.0. The number of hydrogen-bond donors (Lipinski definition) is 0. The maximum absolute atomic E-state index is 9.12. The van der Waals surface area contributed by atoms with Gasteiger partial charge in [0.1, 0.15) is 0 Å². The predicted molar refractivity (Wildman–Crippen MR) is 128 cm³/mol. The first-order chi connectivity index (χ1) is 12.0. The normalized spacial score (nSPS) is 9.64. The van der Waals surface area contributed by atoms with Crippen molar-refractivity contribution in [1.82, 2.24) is 0 Å². The first-order valence-electron chi connectivity index (χ1n) is 9.84. The van der Waals surface area contributed by atoms with Gasteiger partial charge in [-0.15, -0.1) is 23.8 Å². The summed E-state index contributed by atoms with van der Waals surface area (Å²) in [6, 6.07) is 0. The quantitative estimate of drug-likeness (QED) is 0.183. The first-order valence-corrected chi connectivity index (χ1v) is 20.9. The van der Waals surface area contributed by atoms with Crippen molar-refractivity contribution in [2.75, 3.05) is 55.5 Å². The average molecular weight is 603 g/mol. The Morgan fingerprint density at radius 1 is 0.560 bits per heavy atom. The van der Waals surface area contributed by atoms with Crippen molar-refractivity contribution in [2.24, 2.45) is 0 Å². The molecule has 0 aliphatic heterocycles. The van der Waals surface area contributed by atoms with E-state index in [-0.39, 0.29) is 0 Å². The molecule has 0 rings (SSSR count). The van der Waals surface area contributed by atoms with E-state index >= 15 is 0 Å². The van der Waals surface area contributed by atoms with E-state index < -0.39 is 17.5 Å². The van der Waals surface area contributed by atoms with Crippen LogP contribution in [0, 0.1) is 0 Å². The van der Waals surface area contributed by atoms with Gasteiger partial charge < -0.3 is 0 Å². The summed E-state index contributed by atoms with van der Waals surface area (Å²) < 4.78 is 0.807. The zero-order valence-electron chi connectivity index (χ0n) is 18.5. The van der Waals surface area contributed by atoms with Gasteiger partial charge in [0, 0.05) is 0 Å². The Kier molecular flexibility index (Phi) is 46.2. The van der Waals surface area contributed by atoms with Gasteiger partial charge in [0.25, 0.3) is 0 Å². The van der Waals surface area contributed by atoms with E-state index in [1.807, 2.05) is 0 Å². The van der Waals surface area contributed by atoms with Crippen LogP contribution in [0.3, 0.4) is 0 Å². The van der Waals surface area contributed by atoms with Gasteiger partial charge in [-0.2, -0.15) is 0 Å². The molecule has 0 radical (unpaired) electrons. The van der Waals surface area contributed by atoms with Crippen LogP contribution in [0.25, 0.3) is 0 Å². The van der Waals surface area contributed by atoms with E-state index in [1.54, 1.807) is 0 Å². The summed E-state index contributed by atoms with van der Waals surface area (Å²) in [5, 5.41) is 0. The van der Waals surface area contributed by atoms with Crippen molar-refractivity contribution >= 4 is 37.9 Å². The van der Waals surface area contributed by atoms with Crippen molar-refractivity contribution in [3.63, 3.8) is 0 Å². The summed E-state index contributed by atoms with van der Waals surface area (Å²) in [6.45, 7) is 20.6. The van der Waals surface area contributed by atoms with Crippen LogP contribution in [-0.4, -0.2) is 60.1 Å². The Bertz CT molecular complexity index is 168. The summed E-state index contributed by atoms with van der Waals surface area (Å²) in [7, 11) is 6.32. The van der Waals surface area contributed by atoms with E-state index in [1.165, 1.54) is 55.5 Å². The fourth-order valence-corrected chi connectivity index (χ4v) is 6.04. The second-order valence-corrected chi connectivity index (χ2v) is 17.6. The fourth-order valence-electron chi connectivity index (χ4n) is 2.01. The number of carbonyl (C=O) groups is 1. The van der Waals surface area contributed by atoms with Gasteiger partial charge in [0.2, 0.25) is 0 Å². The van der Waals surface area contributed by atoms with Crippen LogP contribution in [0.1, 0.15) is 62.3 Å². The molecule has 0 aliphatic carbocycles. The van der Waals surface area contributed by atoms with Crippen molar-refractivity contribution in [1.29, 1.82) is 0 Å². The summed E-state index contributed by atoms with van der Waals surface area (Å²) in [5.41, 5.74) is 0. The minimum absolute atomic E-state index is 0.446. The molecule has 0 saturated carbocycles. The van der Waals surface area contributed by atoms with Crippen molar-refractivity contribution < 1.29 is 22.3 Å². The molecule has 0 aromatic carbocycles. The van der Waals surface area contributed by atoms with E-state index in [9.17, 15) is 0 Å². The Hall–Kier alpha value is 1.94. The summed E-state index contributed by atoms with van der Waals surface area (Å²) in [6.07, 6.45) is 12.8. The molecule has 0 bridgehead atoms. The molecule has 1 nitrogen and oxygen atoms in total. The van der Waals surface area contributed by atoms with Gasteiger partial charge in [-0.1, -0.05) is 62.3 Å². The van der Waals surface area contributed by atoms with Crippen LogP contribution in [-0.2, 0) is 22.3 Å². The molecule has 0 saturated heterocycles. The Morgan fingerprint density at radius 3 is 0.680 bits per heavy atom. The zero-order valence-corrected chi connectivity index (χ0v) is 24.9. The molecular formula is C19H46ClOP3W. The Balaban J connectivity index is -0.000000120. The number of halogens is 1. The molecule has 0 atom stereocenters. The Labute approximate surface area is 177 Å². The van der Waals surface area contributed by atoms with Gasteiger partial charge >= 0.3 is 36.4 Å². The summed E-state index contributed by atoms with van der Waals surface area (Å²) in [5.74, 6) is 0. The van der Waals surface area contributed by atoms with Crippen molar-refractivity contribution in [2.45, 2.75) is 62.3 Å². The molecule has 156 valence electrons. The molecule has 0 aliphatic rings. The first kappa shape index (κ1) is 34.4. The van der Waals surface area contributed by atoms with Gasteiger partial charge in [0.05, 0.1) is 0 Å². The van der Waals surface area contributed by atoms with Crippen molar-refractivity contribution in [3.8, 4) is 0 Å². The standard InChI is InChI=1S/3C6H15P.CHO.ClH.W/c3*1-4-7(5-2)6-3;1-2;;/h3*4-6H2,1-3H3;1H;1H;/q;;;;;+1/p-1. The second kappa shape index (κ2) is 33.5. The van der Waals surface area contributed by atoms with Crippen LogP contribution in [0.5, 0.6) is 0 Å². The Morgan fingerprint density at radius 2 is 0.680 bits per heavy atom. The van der Waals surface area contributed by atoms with Gasteiger partial charge in [-0.25, -0.2) is 0 Å². The topological polar surface area (TPSA) is 17.1 Å². The fraction of sp³-hybridized carbons (Fsp3) is 0.947. The SMILES string of the molecule is CCP(CC)CC.CCP(CC)CC.CCP(CC)CC.O=[CH][W][Cl]. The van der Waals surface area contributed by atoms with Gasteiger partial charge in [0.15, 0.2) is 0 Å². The van der Waals surface area contributed by atoms with E-state index in [0.29, 0.717) is 23.8 Å². The molecule has 0 aromatic rings. The number of carbonyl (C=O) groups excluding carboxylic acids is 1. The van der Waals surface area contributed by atoms with Crippen molar-refractivity contribution in [3.05, 3.63) is 0 Å². The monoisotopic (exact) mass is 602 g/mol. The molecule has 0 aromatic heterocycles. The number of rotatable bonds is 10. The summed E-state index contributed by atoms with van der Waals surface area (Å²) >= 11 is -0.963. The van der Waals surface area contributed by atoms with Crippen LogP contribution >= 0.6 is 33.2 Å². The van der Waals surface area contributed by atoms with Crippen LogP contribution in [0.2, 0.25) is 0 Å². The van der Waals surface area contributed by atoms with E-state index in [4.69, 9.17) is 14.2 Å². The molecule has 0 fully saturated rings. The molecule has 0 amide bonds. The molecule has 25 heavy (non-hydrogen) atoms.